The van der Waals surface area contributed by atoms with E-state index >= 15 is 0 Å². The summed E-state index contributed by atoms with van der Waals surface area (Å²) in [5, 5.41) is 0.674. The minimum absolute atomic E-state index is 0.127. The van der Waals surface area contributed by atoms with Crippen LogP contribution < -0.4 is 5.56 Å². The summed E-state index contributed by atoms with van der Waals surface area (Å²) in [6.07, 6.45) is 0. The number of fused-ring (bicyclic) bond motifs is 2. The Morgan fingerprint density at radius 2 is 1.84 bits per heavy atom. The van der Waals surface area contributed by atoms with E-state index in [1.165, 1.54) is 0 Å². The average Bonchev–Trinajstić information content (AvgIpc) is 2.42. The molecule has 0 atom stereocenters. The highest BCUT2D eigenvalue weighted by Crippen LogP contribution is 2.41. The number of rotatable bonds is 0. The summed E-state index contributed by atoms with van der Waals surface area (Å²) >= 11 is 7.01. The molecule has 0 unspecified atom stereocenters. The fourth-order valence-electron chi connectivity index (χ4n) is 2.42. The van der Waals surface area contributed by atoms with E-state index in [2.05, 4.69) is 11.1 Å². The largest absolute Gasteiger partial charge is 0.298 e. The van der Waals surface area contributed by atoms with E-state index in [1.807, 2.05) is 41.0 Å². The summed E-state index contributed by atoms with van der Waals surface area (Å²) in [6, 6.07) is 13.8. The number of nitrogens with one attached hydrogen (secondary N) is 1. The first kappa shape index (κ1) is 11.0. The van der Waals surface area contributed by atoms with Gasteiger partial charge in [-0.1, -0.05) is 30.0 Å². The van der Waals surface area contributed by atoms with Crippen LogP contribution in [0.25, 0.3) is 16.6 Å². The second-order valence-electron chi connectivity index (χ2n) is 4.32. The molecule has 3 nitrogen and oxygen atoms in total. The van der Waals surface area contributed by atoms with E-state index in [4.69, 9.17) is 12.2 Å². The lowest BCUT2D eigenvalue weighted by atomic mass is 10.2. The van der Waals surface area contributed by atoms with Gasteiger partial charge in [0.1, 0.15) is 0 Å². The Labute approximate surface area is 117 Å². The van der Waals surface area contributed by atoms with E-state index in [0.717, 1.165) is 21.0 Å². The van der Waals surface area contributed by atoms with Crippen LogP contribution in [-0.2, 0) is 0 Å². The third-order valence-electron chi connectivity index (χ3n) is 3.22. The fourth-order valence-corrected chi connectivity index (χ4v) is 3.79. The lowest BCUT2D eigenvalue weighted by Gasteiger charge is -2.21. The van der Waals surface area contributed by atoms with Crippen LogP contribution in [0.3, 0.4) is 0 Å². The van der Waals surface area contributed by atoms with Crippen LogP contribution >= 0.6 is 24.0 Å². The lowest BCUT2D eigenvalue weighted by Crippen LogP contribution is -2.16. The molecule has 0 radical (unpaired) electrons. The van der Waals surface area contributed by atoms with E-state index in [1.54, 1.807) is 11.8 Å². The topological polar surface area (TPSA) is 37.8 Å². The van der Waals surface area contributed by atoms with E-state index in [0.29, 0.717) is 10.2 Å². The molecule has 0 amide bonds. The molecule has 4 rings (SSSR count). The van der Waals surface area contributed by atoms with Crippen LogP contribution in [-0.4, -0.2) is 9.55 Å². The van der Waals surface area contributed by atoms with Crippen LogP contribution in [0, 0.1) is 4.77 Å². The molecule has 0 bridgehead atoms. The predicted octanol–water partition coefficient (Wildman–Crippen LogP) is 3.51. The molecule has 1 aliphatic rings. The second kappa shape index (κ2) is 3.82. The van der Waals surface area contributed by atoms with Gasteiger partial charge >= 0.3 is 0 Å². The van der Waals surface area contributed by atoms with Crippen molar-refractivity contribution in [3.8, 4) is 5.69 Å². The fraction of sp³-hybridized carbons (Fsp3) is 0. The Hall–Kier alpha value is -1.85. The summed E-state index contributed by atoms with van der Waals surface area (Å²) in [5.74, 6) is 0. The van der Waals surface area contributed by atoms with Crippen molar-refractivity contribution in [2.24, 2.45) is 0 Å². The Kier molecular flexibility index (Phi) is 2.22. The molecule has 0 fully saturated rings. The number of para-hydroxylation sites is 2. The summed E-state index contributed by atoms with van der Waals surface area (Å²) in [6.45, 7) is 0. The SMILES string of the molecule is O=c1[nH]c(=S)n2c3c(cccc13)Sc1ccccc1-2. The normalized spacial score (nSPS) is 12.4. The number of benzene rings is 2. The molecular formula is C14H8N2OS2. The number of H-pyrrole nitrogens is 1. The van der Waals surface area contributed by atoms with Crippen molar-refractivity contribution in [1.82, 2.24) is 9.55 Å². The van der Waals surface area contributed by atoms with Gasteiger partial charge in [-0.05, 0) is 36.5 Å². The zero-order valence-electron chi connectivity index (χ0n) is 9.71. The van der Waals surface area contributed by atoms with Gasteiger partial charge in [0.2, 0.25) is 0 Å². The third-order valence-corrected chi connectivity index (χ3v) is 4.62. The molecule has 0 saturated carbocycles. The molecule has 1 N–H and O–H groups in total. The van der Waals surface area contributed by atoms with Crippen LogP contribution in [0.5, 0.6) is 0 Å². The number of aromatic nitrogens is 2. The summed E-state index contributed by atoms with van der Waals surface area (Å²) in [7, 11) is 0. The molecule has 19 heavy (non-hydrogen) atoms. The van der Waals surface area contributed by atoms with Crippen LogP contribution in [0.15, 0.2) is 57.1 Å². The second-order valence-corrected chi connectivity index (χ2v) is 5.79. The number of nitrogens with zero attached hydrogens (tertiary/aromatic N) is 1. The zero-order chi connectivity index (χ0) is 13.0. The maximum absolute atomic E-state index is 12.0. The molecule has 2 heterocycles. The highest BCUT2D eigenvalue weighted by molar-refractivity contribution is 7.99. The summed E-state index contributed by atoms with van der Waals surface area (Å²) in [4.78, 5) is 17.0. The highest BCUT2D eigenvalue weighted by Gasteiger charge is 2.19. The quantitative estimate of drug-likeness (QED) is 0.502. The third kappa shape index (κ3) is 1.45. The first-order chi connectivity index (χ1) is 9.25. The lowest BCUT2D eigenvalue weighted by molar-refractivity contribution is 0.948. The van der Waals surface area contributed by atoms with Crippen LogP contribution in [0.4, 0.5) is 0 Å². The predicted molar refractivity (Wildman–Crippen MR) is 78.9 cm³/mol. The molecule has 0 spiro atoms. The molecule has 0 aliphatic carbocycles. The van der Waals surface area contributed by atoms with Crippen molar-refractivity contribution in [3.05, 3.63) is 57.6 Å². The van der Waals surface area contributed by atoms with Gasteiger partial charge < -0.3 is 0 Å². The molecule has 2 aromatic carbocycles. The van der Waals surface area contributed by atoms with Gasteiger partial charge in [0, 0.05) is 9.79 Å². The standard InChI is InChI=1S/C14H8N2OS2/c17-13-8-4-3-7-11-12(8)16(14(18)15-13)9-5-1-2-6-10(9)19-11/h1-7H,(H,15,17,18). The van der Waals surface area contributed by atoms with Gasteiger partial charge in [-0.25, -0.2) is 0 Å². The number of aromatic amines is 1. The van der Waals surface area contributed by atoms with Gasteiger partial charge in [0.25, 0.3) is 5.56 Å². The van der Waals surface area contributed by atoms with E-state index < -0.39 is 0 Å². The van der Waals surface area contributed by atoms with Crippen LogP contribution in [0.2, 0.25) is 0 Å². The van der Waals surface area contributed by atoms with Gasteiger partial charge in [0.05, 0.1) is 16.6 Å². The molecule has 92 valence electrons. The van der Waals surface area contributed by atoms with Crippen molar-refractivity contribution in [1.29, 1.82) is 0 Å². The molecule has 0 saturated heterocycles. The Balaban J connectivity index is 2.33. The molecule has 3 aromatic rings. The Morgan fingerprint density at radius 1 is 1.05 bits per heavy atom. The van der Waals surface area contributed by atoms with Gasteiger partial charge in [-0.15, -0.1) is 0 Å². The Morgan fingerprint density at radius 3 is 2.74 bits per heavy atom. The van der Waals surface area contributed by atoms with Gasteiger partial charge in [0.15, 0.2) is 4.77 Å². The van der Waals surface area contributed by atoms with Crippen molar-refractivity contribution >= 4 is 34.9 Å². The minimum atomic E-state index is -0.127. The van der Waals surface area contributed by atoms with Crippen molar-refractivity contribution < 1.29 is 0 Å². The first-order valence-electron chi connectivity index (χ1n) is 5.81. The van der Waals surface area contributed by atoms with Crippen LogP contribution in [0.1, 0.15) is 0 Å². The Bertz CT molecular complexity index is 940. The van der Waals surface area contributed by atoms with E-state index in [9.17, 15) is 4.79 Å². The van der Waals surface area contributed by atoms with Gasteiger partial charge in [-0.3, -0.25) is 14.3 Å². The maximum atomic E-state index is 12.0. The monoisotopic (exact) mass is 284 g/mol. The van der Waals surface area contributed by atoms with Crippen molar-refractivity contribution in [2.75, 3.05) is 0 Å². The van der Waals surface area contributed by atoms with E-state index in [-0.39, 0.29) is 5.56 Å². The molecular weight excluding hydrogens is 276 g/mol. The van der Waals surface area contributed by atoms with Crippen molar-refractivity contribution in [3.63, 3.8) is 0 Å². The summed E-state index contributed by atoms with van der Waals surface area (Å²) < 4.78 is 2.39. The maximum Gasteiger partial charge on any atom is 0.259 e. The number of hydrogen-bond acceptors (Lipinski definition) is 3. The first-order valence-corrected chi connectivity index (χ1v) is 7.03. The van der Waals surface area contributed by atoms with Crippen molar-refractivity contribution in [2.45, 2.75) is 9.79 Å². The molecule has 1 aromatic heterocycles. The smallest absolute Gasteiger partial charge is 0.259 e. The number of hydrogen-bond donors (Lipinski definition) is 1. The molecule has 5 heteroatoms. The molecule has 1 aliphatic heterocycles. The van der Waals surface area contributed by atoms with Gasteiger partial charge in [-0.2, -0.15) is 0 Å². The zero-order valence-corrected chi connectivity index (χ0v) is 11.3. The summed E-state index contributed by atoms with van der Waals surface area (Å²) in [5.41, 5.74) is 1.80. The minimum Gasteiger partial charge on any atom is -0.298 e. The average molecular weight is 284 g/mol. The highest BCUT2D eigenvalue weighted by atomic mass is 32.2.